The first-order valence-corrected chi connectivity index (χ1v) is 17.7. The Kier molecular flexibility index (Phi) is 7.51. The van der Waals surface area contributed by atoms with Crippen molar-refractivity contribution in [2.24, 2.45) is 11.8 Å². The molecule has 0 spiro atoms. The van der Waals surface area contributed by atoms with E-state index in [1.165, 1.54) is 11.3 Å². The van der Waals surface area contributed by atoms with Gasteiger partial charge in [0.1, 0.15) is 17.8 Å². The lowest BCUT2D eigenvalue weighted by Gasteiger charge is -2.43. The number of likely N-dealkylation sites (tertiary alicyclic amines) is 1. The average Bonchev–Trinajstić information content (AvgIpc) is 3.33. The van der Waals surface area contributed by atoms with E-state index in [0.717, 1.165) is 40.7 Å². The largest absolute Gasteiger partial charge is 0.496 e. The van der Waals surface area contributed by atoms with E-state index in [9.17, 15) is 28.7 Å². The average molecular weight is 639 g/mol. The van der Waals surface area contributed by atoms with Crippen LogP contribution in [0.2, 0.25) is 0 Å². The number of methoxy groups -OCH3 is 1. The second kappa shape index (κ2) is 11.2. The van der Waals surface area contributed by atoms with Gasteiger partial charge in [0.2, 0.25) is 11.8 Å². The van der Waals surface area contributed by atoms with Gasteiger partial charge in [-0.05, 0) is 79.2 Å². The van der Waals surface area contributed by atoms with Gasteiger partial charge >= 0.3 is 7.60 Å². The number of aromatic nitrogens is 1. The molecular weight excluding hydrogens is 603 g/mol. The number of amides is 3. The maximum atomic E-state index is 14.1. The number of pyridine rings is 1. The van der Waals surface area contributed by atoms with Crippen molar-refractivity contribution in [2.75, 3.05) is 20.2 Å². The Hall–Kier alpha value is -3.31. The molecule has 1 saturated carbocycles. The van der Waals surface area contributed by atoms with Crippen molar-refractivity contribution in [1.82, 2.24) is 20.1 Å². The molecule has 7 rings (SSSR count). The van der Waals surface area contributed by atoms with Gasteiger partial charge in [-0.2, -0.15) is 0 Å². The van der Waals surface area contributed by atoms with Gasteiger partial charge in [0, 0.05) is 47.7 Å². The van der Waals surface area contributed by atoms with Gasteiger partial charge in [0.25, 0.3) is 5.91 Å². The zero-order chi connectivity index (χ0) is 30.7. The fourth-order valence-corrected chi connectivity index (χ4v) is 8.97. The fraction of sp³-hybridized carbons (Fsp3) is 0.484. The van der Waals surface area contributed by atoms with Crippen LogP contribution in [0.4, 0.5) is 0 Å². The first-order valence-electron chi connectivity index (χ1n) is 15.0. The second-order valence-corrected chi connectivity index (χ2v) is 15.3. The van der Waals surface area contributed by atoms with Crippen molar-refractivity contribution >= 4 is 46.7 Å². The number of fused-ring (bicyclic) bond motifs is 3. The number of nitrogens with one attached hydrogen (secondary N) is 1. The number of carbonyl (C=O) groups excluding carboxylic acids is 3. The van der Waals surface area contributed by atoms with E-state index < -0.39 is 19.7 Å². The highest BCUT2D eigenvalue weighted by molar-refractivity contribution is 7.50. The molecule has 1 aliphatic carbocycles. The molecule has 3 N–H and O–H groups in total. The topological polar surface area (TPSA) is 149 Å². The molecule has 44 heavy (non-hydrogen) atoms. The quantitative estimate of drug-likeness (QED) is 0.333. The van der Waals surface area contributed by atoms with Crippen LogP contribution in [0.3, 0.4) is 0 Å². The summed E-state index contributed by atoms with van der Waals surface area (Å²) >= 11 is 1.28. The van der Waals surface area contributed by atoms with Crippen LogP contribution < -0.4 is 10.1 Å². The number of rotatable bonds is 7. The summed E-state index contributed by atoms with van der Waals surface area (Å²) in [7, 11) is -2.59. The number of hydrogen-bond donors (Lipinski definition) is 3. The zero-order valence-corrected chi connectivity index (χ0v) is 26.0. The van der Waals surface area contributed by atoms with Crippen LogP contribution in [0, 0.1) is 11.8 Å². The van der Waals surface area contributed by atoms with Crippen molar-refractivity contribution < 1.29 is 33.5 Å². The number of ether oxygens (including phenoxy) is 1. The minimum atomic E-state index is -4.22. The molecule has 13 heteroatoms. The summed E-state index contributed by atoms with van der Waals surface area (Å²) in [6.07, 6.45) is 7.01. The fourth-order valence-electron chi connectivity index (χ4n) is 7.35. The smallest absolute Gasteiger partial charge is 0.329 e. The van der Waals surface area contributed by atoms with Crippen LogP contribution in [0.15, 0.2) is 42.7 Å². The Morgan fingerprint density at radius 2 is 1.91 bits per heavy atom. The summed E-state index contributed by atoms with van der Waals surface area (Å²) in [6.45, 7) is 1.10. The van der Waals surface area contributed by atoms with E-state index >= 15 is 0 Å². The van der Waals surface area contributed by atoms with Crippen LogP contribution in [0.5, 0.6) is 5.75 Å². The molecule has 11 nitrogen and oxygen atoms in total. The number of carbonyl (C=O) groups is 3. The van der Waals surface area contributed by atoms with E-state index in [2.05, 4.69) is 10.3 Å². The van der Waals surface area contributed by atoms with E-state index in [1.807, 2.05) is 11.0 Å². The molecule has 2 aromatic heterocycles. The summed E-state index contributed by atoms with van der Waals surface area (Å²) in [5.41, 5.74) is 1.47. The van der Waals surface area contributed by atoms with Gasteiger partial charge < -0.3 is 29.6 Å². The number of nitrogens with zero attached hydrogens (tertiary/aromatic N) is 3. The summed E-state index contributed by atoms with van der Waals surface area (Å²) < 4.78 is 17.7. The third-order valence-corrected chi connectivity index (χ3v) is 11.6. The molecule has 0 radical (unpaired) electrons. The molecule has 232 valence electrons. The lowest BCUT2D eigenvalue weighted by atomic mass is 9.91. The zero-order valence-electron chi connectivity index (χ0n) is 24.3. The van der Waals surface area contributed by atoms with E-state index in [0.29, 0.717) is 48.2 Å². The van der Waals surface area contributed by atoms with Gasteiger partial charge in [-0.1, -0.05) is 6.07 Å². The Balaban J connectivity index is 1.06. The van der Waals surface area contributed by atoms with Crippen LogP contribution >= 0.6 is 18.9 Å². The molecule has 0 bridgehead atoms. The molecule has 4 fully saturated rings. The van der Waals surface area contributed by atoms with Crippen molar-refractivity contribution in [3.63, 3.8) is 0 Å². The number of thiophene rings is 1. The van der Waals surface area contributed by atoms with Gasteiger partial charge in [0.15, 0.2) is 0 Å². The first-order chi connectivity index (χ1) is 21.1. The minimum absolute atomic E-state index is 0.00147. The van der Waals surface area contributed by atoms with Crippen molar-refractivity contribution in [2.45, 2.75) is 62.3 Å². The highest BCUT2D eigenvalue weighted by atomic mass is 32.1. The molecule has 1 aromatic carbocycles. The van der Waals surface area contributed by atoms with E-state index in [-0.39, 0.29) is 35.8 Å². The number of hydrogen-bond acceptors (Lipinski definition) is 7. The van der Waals surface area contributed by atoms with Crippen molar-refractivity contribution in [1.29, 1.82) is 0 Å². The predicted octanol–water partition coefficient (Wildman–Crippen LogP) is 3.50. The molecular formula is C31H35N4O7PS. The Morgan fingerprint density at radius 1 is 1.11 bits per heavy atom. The molecule has 3 aromatic rings. The minimum Gasteiger partial charge on any atom is -0.496 e. The SMILES string of the molecule is COc1ccncc1C1CN(C(=O)[C@@H]2CC[C@@H]3C[C@H]4C[C@H]4C[C@H](NC(=O)c4cc5cc(CP(=O)(O)O)ccc5s4)C(=O)N32)C1. The monoisotopic (exact) mass is 638 g/mol. The van der Waals surface area contributed by atoms with Crippen LogP contribution in [-0.2, 0) is 20.3 Å². The number of benzene rings is 1. The third kappa shape index (κ3) is 5.64. The third-order valence-electron chi connectivity index (χ3n) is 9.68. The van der Waals surface area contributed by atoms with Gasteiger partial charge in [-0.15, -0.1) is 11.3 Å². The molecule has 3 aliphatic heterocycles. The van der Waals surface area contributed by atoms with Crippen molar-refractivity contribution in [3.8, 4) is 5.75 Å². The van der Waals surface area contributed by atoms with Gasteiger partial charge in [-0.25, -0.2) is 0 Å². The van der Waals surface area contributed by atoms with Crippen LogP contribution in [-0.4, -0.2) is 80.6 Å². The molecule has 5 atom stereocenters. The van der Waals surface area contributed by atoms with Crippen LogP contribution in [0.25, 0.3) is 10.1 Å². The first kappa shape index (κ1) is 29.4. The maximum Gasteiger partial charge on any atom is 0.329 e. The highest BCUT2D eigenvalue weighted by Gasteiger charge is 2.52. The summed E-state index contributed by atoms with van der Waals surface area (Å²) in [5.74, 6) is 1.23. The summed E-state index contributed by atoms with van der Waals surface area (Å²) in [5, 5.41) is 3.73. The highest BCUT2D eigenvalue weighted by Crippen LogP contribution is 2.50. The normalized spacial score (nSPS) is 26.8. The van der Waals surface area contributed by atoms with E-state index in [4.69, 9.17) is 4.74 Å². The Morgan fingerprint density at radius 3 is 2.68 bits per heavy atom. The molecule has 3 saturated heterocycles. The molecule has 0 unspecified atom stereocenters. The lowest BCUT2D eigenvalue weighted by molar-refractivity contribution is -0.149. The van der Waals surface area contributed by atoms with Crippen LogP contribution in [0.1, 0.15) is 58.8 Å². The predicted molar refractivity (Wildman–Crippen MR) is 163 cm³/mol. The van der Waals surface area contributed by atoms with Gasteiger partial charge in [-0.3, -0.25) is 23.9 Å². The van der Waals surface area contributed by atoms with Crippen molar-refractivity contribution in [3.05, 3.63) is 58.7 Å². The summed E-state index contributed by atoms with van der Waals surface area (Å²) in [4.78, 5) is 68.3. The Bertz CT molecular complexity index is 1680. The molecule has 4 aliphatic rings. The summed E-state index contributed by atoms with van der Waals surface area (Å²) in [6, 6.07) is 7.38. The lowest BCUT2D eigenvalue weighted by Crippen LogP contribution is -2.59. The van der Waals surface area contributed by atoms with Gasteiger partial charge in [0.05, 0.1) is 18.1 Å². The van der Waals surface area contributed by atoms with E-state index in [1.54, 1.807) is 48.7 Å². The Labute approximate surface area is 258 Å². The molecule has 5 heterocycles. The standard InChI is InChI=1S/C31H35N4O7PS/c1-42-26-6-7-32-13-23(26)21-14-34(15-21)31(38)25-4-3-22-10-18-9-19(18)11-24(30(37)35(22)25)33-29(36)28-12-20-8-17(16-43(39,40)41)2-5-27(20)44-28/h2,5-8,12-13,18-19,21-22,24-25H,3-4,9-11,14-16H2,1H3,(H,33,36)(H2,39,40,41)/t18-,19+,22-,24+,25+/m1/s1. The second-order valence-electron chi connectivity index (χ2n) is 12.6. The molecule has 3 amide bonds. The maximum absolute atomic E-state index is 14.1.